The second-order valence-corrected chi connectivity index (χ2v) is 9.39. The summed E-state index contributed by atoms with van der Waals surface area (Å²) in [5.74, 6) is 1.23. The van der Waals surface area contributed by atoms with Crippen LogP contribution in [0.15, 0.2) is 51.7 Å². The van der Waals surface area contributed by atoms with Gasteiger partial charge in [0.1, 0.15) is 17.1 Å². The number of morpholine rings is 1. The molecule has 37 heavy (non-hydrogen) atoms. The third-order valence-electron chi connectivity index (χ3n) is 6.90. The summed E-state index contributed by atoms with van der Waals surface area (Å²) in [5, 5.41) is 0.443. The number of benzene rings is 2. The molecule has 0 bridgehead atoms. The number of hydrogen-bond donors (Lipinski definition) is 0. The Morgan fingerprint density at radius 3 is 2.43 bits per heavy atom. The maximum absolute atomic E-state index is 13.8. The van der Waals surface area contributed by atoms with Crippen LogP contribution in [0, 0.1) is 0 Å². The van der Waals surface area contributed by atoms with E-state index in [1.807, 2.05) is 31.2 Å². The minimum atomic E-state index is -0.514. The Morgan fingerprint density at radius 1 is 0.946 bits per heavy atom. The minimum absolute atomic E-state index is 0.119. The molecular formula is C29H34N2O6. The standard InChI is InChI=1S/C29H34N2O6/c1-3-16-36-21-8-6-20(7-9-21)26-25-27(32)23-11-10-22(35-4-2)19-24(23)37-28(25)29(33)31(26)13-5-12-30-14-17-34-18-15-30/h6-11,19,26H,3-5,12-18H2,1-2H3. The Labute approximate surface area is 216 Å². The van der Waals surface area contributed by atoms with Gasteiger partial charge in [-0.15, -0.1) is 0 Å². The Morgan fingerprint density at radius 2 is 1.70 bits per heavy atom. The molecule has 1 saturated heterocycles. The molecule has 5 rings (SSSR count). The molecule has 2 aliphatic heterocycles. The zero-order valence-electron chi connectivity index (χ0n) is 21.5. The van der Waals surface area contributed by atoms with Gasteiger partial charge in [-0.1, -0.05) is 19.1 Å². The molecule has 1 aromatic heterocycles. The first kappa shape index (κ1) is 25.3. The van der Waals surface area contributed by atoms with Crippen molar-refractivity contribution in [3.8, 4) is 11.5 Å². The number of fused-ring (bicyclic) bond motifs is 2. The highest BCUT2D eigenvalue weighted by Gasteiger charge is 2.42. The van der Waals surface area contributed by atoms with Crippen LogP contribution < -0.4 is 14.9 Å². The zero-order chi connectivity index (χ0) is 25.8. The number of amides is 1. The van der Waals surface area contributed by atoms with E-state index in [2.05, 4.69) is 11.8 Å². The van der Waals surface area contributed by atoms with Gasteiger partial charge in [0.15, 0.2) is 5.43 Å². The van der Waals surface area contributed by atoms with Gasteiger partial charge in [0, 0.05) is 32.2 Å². The van der Waals surface area contributed by atoms with E-state index in [4.69, 9.17) is 18.6 Å². The monoisotopic (exact) mass is 506 g/mol. The van der Waals surface area contributed by atoms with Gasteiger partial charge in [-0.2, -0.15) is 0 Å². The van der Waals surface area contributed by atoms with Crippen molar-refractivity contribution in [1.29, 1.82) is 0 Å². The van der Waals surface area contributed by atoms with E-state index in [1.54, 1.807) is 23.1 Å². The van der Waals surface area contributed by atoms with E-state index in [0.717, 1.165) is 57.0 Å². The van der Waals surface area contributed by atoms with Crippen molar-refractivity contribution >= 4 is 16.9 Å². The van der Waals surface area contributed by atoms with E-state index in [0.29, 0.717) is 42.0 Å². The first-order valence-corrected chi connectivity index (χ1v) is 13.2. The lowest BCUT2D eigenvalue weighted by molar-refractivity contribution is 0.0353. The predicted molar refractivity (Wildman–Crippen MR) is 141 cm³/mol. The van der Waals surface area contributed by atoms with Gasteiger partial charge >= 0.3 is 0 Å². The molecule has 2 aliphatic rings. The van der Waals surface area contributed by atoms with Crippen molar-refractivity contribution < 1.29 is 23.4 Å². The lowest BCUT2D eigenvalue weighted by Crippen LogP contribution is -2.38. The maximum atomic E-state index is 13.8. The van der Waals surface area contributed by atoms with Crippen LogP contribution in [0.3, 0.4) is 0 Å². The highest BCUT2D eigenvalue weighted by molar-refractivity contribution is 5.99. The molecule has 0 saturated carbocycles. The van der Waals surface area contributed by atoms with E-state index >= 15 is 0 Å². The van der Waals surface area contributed by atoms with Gasteiger partial charge in [0.25, 0.3) is 5.91 Å². The number of rotatable bonds is 10. The molecule has 1 unspecified atom stereocenters. The SMILES string of the molecule is CCCOc1ccc(C2c3c(oc4cc(OCC)ccc4c3=O)C(=O)N2CCCN2CCOCC2)cc1. The van der Waals surface area contributed by atoms with Crippen LogP contribution >= 0.6 is 0 Å². The highest BCUT2D eigenvalue weighted by atomic mass is 16.5. The Hall–Kier alpha value is -3.36. The second kappa shape index (κ2) is 11.4. The van der Waals surface area contributed by atoms with Gasteiger partial charge in [0.2, 0.25) is 5.76 Å². The van der Waals surface area contributed by atoms with Crippen molar-refractivity contribution in [2.24, 2.45) is 0 Å². The van der Waals surface area contributed by atoms with Crippen LogP contribution in [0.1, 0.15) is 54.4 Å². The van der Waals surface area contributed by atoms with Gasteiger partial charge in [-0.25, -0.2) is 0 Å². The Kier molecular flexibility index (Phi) is 7.76. The summed E-state index contributed by atoms with van der Waals surface area (Å²) >= 11 is 0. The Balaban J connectivity index is 1.50. The molecule has 0 radical (unpaired) electrons. The molecule has 3 aromatic rings. The minimum Gasteiger partial charge on any atom is -0.494 e. The van der Waals surface area contributed by atoms with Crippen LogP contribution in [-0.4, -0.2) is 68.3 Å². The quantitative estimate of drug-likeness (QED) is 0.407. The van der Waals surface area contributed by atoms with Crippen LogP contribution in [0.25, 0.3) is 11.0 Å². The maximum Gasteiger partial charge on any atom is 0.290 e. The molecule has 3 heterocycles. The van der Waals surface area contributed by atoms with E-state index < -0.39 is 6.04 Å². The molecule has 1 atom stereocenters. The van der Waals surface area contributed by atoms with E-state index in [9.17, 15) is 9.59 Å². The fourth-order valence-electron chi connectivity index (χ4n) is 5.09. The number of carbonyl (C=O) groups excluding carboxylic acids is 1. The van der Waals surface area contributed by atoms with Crippen molar-refractivity contribution in [3.63, 3.8) is 0 Å². The number of carbonyl (C=O) groups is 1. The first-order chi connectivity index (χ1) is 18.1. The normalized spacial score (nSPS) is 17.8. The van der Waals surface area contributed by atoms with Crippen molar-refractivity contribution in [2.45, 2.75) is 32.7 Å². The van der Waals surface area contributed by atoms with Crippen LogP contribution in [0.5, 0.6) is 11.5 Å². The van der Waals surface area contributed by atoms with Crippen LogP contribution in [0.4, 0.5) is 0 Å². The third kappa shape index (κ3) is 5.22. The van der Waals surface area contributed by atoms with Gasteiger partial charge < -0.3 is 23.5 Å². The molecule has 0 aliphatic carbocycles. The molecular weight excluding hydrogens is 472 g/mol. The topological polar surface area (TPSA) is 81.5 Å². The predicted octanol–water partition coefficient (Wildman–Crippen LogP) is 4.25. The number of ether oxygens (including phenoxy) is 3. The summed E-state index contributed by atoms with van der Waals surface area (Å²) in [6.45, 7) is 9.72. The fraction of sp³-hybridized carbons (Fsp3) is 0.448. The Bertz CT molecular complexity index is 1300. The average Bonchev–Trinajstić information content (AvgIpc) is 3.20. The highest BCUT2D eigenvalue weighted by Crippen LogP contribution is 2.39. The summed E-state index contributed by atoms with van der Waals surface area (Å²) in [4.78, 5) is 31.6. The molecule has 1 amide bonds. The van der Waals surface area contributed by atoms with Crippen molar-refractivity contribution in [2.75, 3.05) is 52.6 Å². The lowest BCUT2D eigenvalue weighted by Gasteiger charge is -2.29. The van der Waals surface area contributed by atoms with Crippen molar-refractivity contribution in [1.82, 2.24) is 9.80 Å². The van der Waals surface area contributed by atoms with Crippen LogP contribution in [-0.2, 0) is 4.74 Å². The number of nitrogens with zero attached hydrogens (tertiary/aromatic N) is 2. The summed E-state index contributed by atoms with van der Waals surface area (Å²) in [5.41, 5.74) is 1.44. The molecule has 8 heteroatoms. The first-order valence-electron chi connectivity index (χ1n) is 13.2. The summed E-state index contributed by atoms with van der Waals surface area (Å²) in [7, 11) is 0. The summed E-state index contributed by atoms with van der Waals surface area (Å²) < 4.78 is 22.9. The zero-order valence-corrected chi connectivity index (χ0v) is 21.5. The lowest BCUT2D eigenvalue weighted by atomic mass is 9.98. The average molecular weight is 507 g/mol. The molecule has 8 nitrogen and oxygen atoms in total. The molecule has 0 N–H and O–H groups in total. The third-order valence-corrected chi connectivity index (χ3v) is 6.90. The van der Waals surface area contributed by atoms with Gasteiger partial charge in [-0.05, 0) is 49.6 Å². The number of hydrogen-bond acceptors (Lipinski definition) is 7. The van der Waals surface area contributed by atoms with Gasteiger partial charge in [0.05, 0.1) is 43.4 Å². The second-order valence-electron chi connectivity index (χ2n) is 9.39. The molecule has 0 spiro atoms. The van der Waals surface area contributed by atoms with E-state index in [1.165, 1.54) is 0 Å². The summed E-state index contributed by atoms with van der Waals surface area (Å²) in [6, 6.07) is 12.3. The van der Waals surface area contributed by atoms with E-state index in [-0.39, 0.29) is 17.1 Å². The van der Waals surface area contributed by atoms with Gasteiger partial charge in [-0.3, -0.25) is 14.5 Å². The molecule has 2 aromatic carbocycles. The largest absolute Gasteiger partial charge is 0.494 e. The molecule has 196 valence electrons. The van der Waals surface area contributed by atoms with Crippen LogP contribution in [0.2, 0.25) is 0 Å². The smallest absolute Gasteiger partial charge is 0.290 e. The molecule has 1 fully saturated rings. The summed E-state index contributed by atoms with van der Waals surface area (Å²) in [6.07, 6.45) is 1.71. The van der Waals surface area contributed by atoms with Crippen molar-refractivity contribution in [3.05, 3.63) is 69.6 Å². The fourth-order valence-corrected chi connectivity index (χ4v) is 5.09.